The first-order chi connectivity index (χ1) is 15.0. The summed E-state index contributed by atoms with van der Waals surface area (Å²) in [4.78, 5) is 5.89. The first kappa shape index (κ1) is 24.1. The fourth-order valence-corrected chi connectivity index (χ4v) is 5.25. The molecule has 0 bridgehead atoms. The molecular weight excluding hydrogens is 451 g/mol. The summed E-state index contributed by atoms with van der Waals surface area (Å²) in [6, 6.07) is 15.7. The Bertz CT molecular complexity index is 957. The van der Waals surface area contributed by atoms with Gasteiger partial charge in [0.25, 0.3) is 0 Å². The third kappa shape index (κ3) is 6.99. The maximum atomic E-state index is 9.68. The Balaban J connectivity index is 1.72. The Hall–Kier alpha value is -1.50. The summed E-state index contributed by atoms with van der Waals surface area (Å²) in [7, 11) is 0. The fraction of sp³-hybridized carbons (Fsp3) is 0.375. The maximum Gasteiger partial charge on any atom is 0.110 e. The Morgan fingerprint density at radius 2 is 1.81 bits per heavy atom. The van der Waals surface area contributed by atoms with Gasteiger partial charge in [-0.05, 0) is 36.1 Å². The smallest absolute Gasteiger partial charge is 0.110 e. The van der Waals surface area contributed by atoms with Gasteiger partial charge in [-0.3, -0.25) is 0 Å². The minimum absolute atomic E-state index is 0.0509. The number of aliphatic hydroxyl groups is 1. The van der Waals surface area contributed by atoms with Crippen molar-refractivity contribution in [3.05, 3.63) is 75.7 Å². The SMILES string of the molecule is CC(C)c1nc(CCCOCc2ccccc2)n(CCO)c1Sc1cc(Cl)cc(Cl)c1. The van der Waals surface area contributed by atoms with Gasteiger partial charge in [0, 0.05) is 34.5 Å². The van der Waals surface area contributed by atoms with Gasteiger partial charge in [0.2, 0.25) is 0 Å². The van der Waals surface area contributed by atoms with Crippen LogP contribution in [0.2, 0.25) is 10.0 Å². The van der Waals surface area contributed by atoms with Gasteiger partial charge in [-0.1, -0.05) is 79.1 Å². The molecule has 0 aliphatic heterocycles. The first-order valence-corrected chi connectivity index (χ1v) is 12.0. The van der Waals surface area contributed by atoms with Crippen LogP contribution in [-0.4, -0.2) is 27.9 Å². The van der Waals surface area contributed by atoms with Crippen LogP contribution < -0.4 is 0 Å². The molecule has 0 unspecified atom stereocenters. The van der Waals surface area contributed by atoms with E-state index in [1.165, 1.54) is 5.56 Å². The van der Waals surface area contributed by atoms with E-state index in [2.05, 4.69) is 30.5 Å². The fourth-order valence-electron chi connectivity index (χ4n) is 3.30. The van der Waals surface area contributed by atoms with Crippen molar-refractivity contribution < 1.29 is 9.84 Å². The number of ether oxygens (including phenoxy) is 1. The molecule has 7 heteroatoms. The van der Waals surface area contributed by atoms with Crippen LogP contribution >= 0.6 is 35.0 Å². The molecule has 0 atom stereocenters. The number of aromatic nitrogens is 2. The van der Waals surface area contributed by atoms with Crippen molar-refractivity contribution in [1.29, 1.82) is 0 Å². The molecule has 31 heavy (non-hydrogen) atoms. The summed E-state index contributed by atoms with van der Waals surface area (Å²) < 4.78 is 7.94. The Labute approximate surface area is 198 Å². The van der Waals surface area contributed by atoms with Crippen molar-refractivity contribution in [2.24, 2.45) is 0 Å². The van der Waals surface area contributed by atoms with Crippen LogP contribution in [0.25, 0.3) is 0 Å². The molecule has 0 fully saturated rings. The van der Waals surface area contributed by atoms with Crippen molar-refractivity contribution in [2.45, 2.75) is 55.7 Å². The van der Waals surface area contributed by atoms with Crippen molar-refractivity contribution in [2.75, 3.05) is 13.2 Å². The van der Waals surface area contributed by atoms with E-state index in [0.717, 1.165) is 34.3 Å². The van der Waals surface area contributed by atoms with E-state index >= 15 is 0 Å². The number of imidazole rings is 1. The van der Waals surface area contributed by atoms with Crippen LogP contribution in [0.5, 0.6) is 0 Å². The van der Waals surface area contributed by atoms with Gasteiger partial charge in [-0.15, -0.1) is 0 Å². The van der Waals surface area contributed by atoms with Gasteiger partial charge in [-0.2, -0.15) is 0 Å². The zero-order valence-corrected chi connectivity index (χ0v) is 20.2. The number of aliphatic hydroxyl groups excluding tert-OH is 1. The topological polar surface area (TPSA) is 47.3 Å². The monoisotopic (exact) mass is 478 g/mol. The van der Waals surface area contributed by atoms with Gasteiger partial charge < -0.3 is 14.4 Å². The molecule has 166 valence electrons. The molecule has 1 N–H and O–H groups in total. The summed E-state index contributed by atoms with van der Waals surface area (Å²) in [6.45, 7) is 6.08. The zero-order chi connectivity index (χ0) is 22.2. The number of rotatable bonds is 11. The van der Waals surface area contributed by atoms with Crippen LogP contribution in [0, 0.1) is 0 Å². The Kier molecular flexibility index (Phi) is 9.30. The molecule has 4 nitrogen and oxygen atoms in total. The maximum absolute atomic E-state index is 9.68. The summed E-state index contributed by atoms with van der Waals surface area (Å²) in [5.74, 6) is 1.22. The molecule has 0 radical (unpaired) electrons. The van der Waals surface area contributed by atoms with Crippen LogP contribution in [0.1, 0.15) is 43.3 Å². The standard InChI is InChI=1S/C24H28Cl2N2O2S/c1-17(2)23-24(31-21-14-19(25)13-20(26)15-21)28(10-11-29)22(27-23)9-6-12-30-16-18-7-4-3-5-8-18/h3-5,7-8,13-15,17,29H,6,9-12,16H2,1-2H3. The van der Waals surface area contributed by atoms with E-state index in [4.69, 9.17) is 32.9 Å². The van der Waals surface area contributed by atoms with Crippen LogP contribution in [0.4, 0.5) is 0 Å². The van der Waals surface area contributed by atoms with E-state index in [1.807, 2.05) is 30.3 Å². The average molecular weight is 479 g/mol. The molecule has 2 aromatic carbocycles. The van der Waals surface area contributed by atoms with Crippen LogP contribution in [-0.2, 0) is 24.3 Å². The molecule has 0 amide bonds. The lowest BCUT2D eigenvalue weighted by atomic mass is 10.1. The van der Waals surface area contributed by atoms with E-state index in [0.29, 0.717) is 29.8 Å². The molecule has 1 heterocycles. The number of hydrogen-bond acceptors (Lipinski definition) is 4. The van der Waals surface area contributed by atoms with Crippen LogP contribution in [0.15, 0.2) is 58.5 Å². The molecule has 3 aromatic rings. The molecule has 3 rings (SSSR count). The number of hydrogen-bond donors (Lipinski definition) is 1. The lowest BCUT2D eigenvalue weighted by Gasteiger charge is -2.13. The van der Waals surface area contributed by atoms with Crippen molar-refractivity contribution >= 4 is 35.0 Å². The number of halogens is 2. The predicted molar refractivity (Wildman–Crippen MR) is 128 cm³/mol. The largest absolute Gasteiger partial charge is 0.395 e. The third-order valence-corrected chi connectivity index (χ3v) is 6.28. The molecule has 0 aliphatic carbocycles. The molecule has 0 saturated heterocycles. The van der Waals surface area contributed by atoms with E-state index in [1.54, 1.807) is 17.8 Å². The van der Waals surface area contributed by atoms with Crippen molar-refractivity contribution in [1.82, 2.24) is 9.55 Å². The highest BCUT2D eigenvalue weighted by Crippen LogP contribution is 2.37. The summed E-state index contributed by atoms with van der Waals surface area (Å²) in [5.41, 5.74) is 2.19. The highest BCUT2D eigenvalue weighted by Gasteiger charge is 2.20. The molecule has 0 aliphatic rings. The van der Waals surface area contributed by atoms with E-state index < -0.39 is 0 Å². The number of benzene rings is 2. The highest BCUT2D eigenvalue weighted by atomic mass is 35.5. The van der Waals surface area contributed by atoms with Gasteiger partial charge in [0.15, 0.2) is 0 Å². The second kappa shape index (κ2) is 11.9. The van der Waals surface area contributed by atoms with Gasteiger partial charge >= 0.3 is 0 Å². The van der Waals surface area contributed by atoms with Gasteiger partial charge in [0.05, 0.1) is 18.9 Å². The Morgan fingerprint density at radius 3 is 2.45 bits per heavy atom. The molecule has 0 spiro atoms. The molecule has 1 aromatic heterocycles. The summed E-state index contributed by atoms with van der Waals surface area (Å²) in [6.07, 6.45) is 1.64. The van der Waals surface area contributed by atoms with Crippen molar-refractivity contribution in [3.8, 4) is 0 Å². The molecule has 0 saturated carbocycles. The minimum Gasteiger partial charge on any atom is -0.395 e. The van der Waals surface area contributed by atoms with Gasteiger partial charge in [-0.25, -0.2) is 4.98 Å². The predicted octanol–water partition coefficient (Wildman–Crippen LogP) is 6.61. The highest BCUT2D eigenvalue weighted by molar-refractivity contribution is 7.99. The lowest BCUT2D eigenvalue weighted by Crippen LogP contribution is -2.09. The van der Waals surface area contributed by atoms with E-state index in [-0.39, 0.29) is 12.5 Å². The Morgan fingerprint density at radius 1 is 1.10 bits per heavy atom. The zero-order valence-electron chi connectivity index (χ0n) is 17.9. The summed E-state index contributed by atoms with van der Waals surface area (Å²) in [5, 5.41) is 11.9. The summed E-state index contributed by atoms with van der Waals surface area (Å²) >= 11 is 14.0. The van der Waals surface area contributed by atoms with Crippen LogP contribution in [0.3, 0.4) is 0 Å². The van der Waals surface area contributed by atoms with E-state index in [9.17, 15) is 5.11 Å². The second-order valence-electron chi connectivity index (χ2n) is 7.60. The average Bonchev–Trinajstić information content (AvgIpc) is 3.06. The van der Waals surface area contributed by atoms with Crippen molar-refractivity contribution in [3.63, 3.8) is 0 Å². The first-order valence-electron chi connectivity index (χ1n) is 10.4. The quantitative estimate of drug-likeness (QED) is 0.315. The minimum atomic E-state index is 0.0509. The molecular formula is C24H28Cl2N2O2S. The number of nitrogens with zero attached hydrogens (tertiary/aromatic N) is 2. The normalized spacial score (nSPS) is 11.4. The number of aryl methyl sites for hydroxylation is 1. The lowest BCUT2D eigenvalue weighted by molar-refractivity contribution is 0.118. The second-order valence-corrected chi connectivity index (χ2v) is 9.53. The van der Waals surface area contributed by atoms with Gasteiger partial charge in [0.1, 0.15) is 10.9 Å². The third-order valence-electron chi connectivity index (χ3n) is 4.75.